The Morgan fingerprint density at radius 2 is 2.19 bits per heavy atom. The van der Waals surface area contributed by atoms with Crippen molar-refractivity contribution >= 4 is 11.0 Å². The fraction of sp³-hybridized carbons (Fsp3) is 0.385. The van der Waals surface area contributed by atoms with Crippen LogP contribution in [0, 0.1) is 11.3 Å². The minimum absolute atomic E-state index is 0.131. The topological polar surface area (TPSA) is 41.6 Å². The van der Waals surface area contributed by atoms with Crippen LogP contribution in [0.5, 0.6) is 0 Å². The van der Waals surface area contributed by atoms with E-state index in [9.17, 15) is 0 Å². The Kier molecular flexibility index (Phi) is 1.97. The zero-order valence-electron chi connectivity index (χ0n) is 9.22. The molecule has 80 valence electrons. The van der Waals surface area contributed by atoms with E-state index in [-0.39, 0.29) is 5.92 Å². The van der Waals surface area contributed by atoms with E-state index in [1.807, 2.05) is 25.1 Å². The number of imidazole rings is 1. The van der Waals surface area contributed by atoms with E-state index >= 15 is 0 Å². The summed E-state index contributed by atoms with van der Waals surface area (Å²) in [7, 11) is 0. The largest absolute Gasteiger partial charge is 0.324 e. The highest BCUT2D eigenvalue weighted by Crippen LogP contribution is 2.39. The molecule has 0 amide bonds. The summed E-state index contributed by atoms with van der Waals surface area (Å²) in [5, 5.41) is 9.04. The molecule has 0 bridgehead atoms. The maximum atomic E-state index is 9.04. The number of rotatable bonds is 2. The first-order chi connectivity index (χ1) is 7.81. The molecular formula is C13H13N3. The van der Waals surface area contributed by atoms with E-state index in [4.69, 9.17) is 5.26 Å². The Balaban J connectivity index is 2.27. The van der Waals surface area contributed by atoms with Gasteiger partial charge in [-0.05, 0) is 31.9 Å². The number of aromatic nitrogens is 2. The van der Waals surface area contributed by atoms with Crippen molar-refractivity contribution in [3.63, 3.8) is 0 Å². The average molecular weight is 211 g/mol. The zero-order valence-corrected chi connectivity index (χ0v) is 9.22. The van der Waals surface area contributed by atoms with Gasteiger partial charge in [-0.3, -0.25) is 0 Å². The first-order valence-corrected chi connectivity index (χ1v) is 5.67. The van der Waals surface area contributed by atoms with Gasteiger partial charge in [-0.1, -0.05) is 12.1 Å². The fourth-order valence-electron chi connectivity index (χ4n) is 2.14. The van der Waals surface area contributed by atoms with Crippen molar-refractivity contribution in [2.24, 2.45) is 0 Å². The molecule has 0 aliphatic heterocycles. The molecule has 3 nitrogen and oxygen atoms in total. The van der Waals surface area contributed by atoms with Crippen LogP contribution in [0.25, 0.3) is 11.0 Å². The number of para-hydroxylation sites is 2. The van der Waals surface area contributed by atoms with Gasteiger partial charge in [-0.15, -0.1) is 0 Å². The van der Waals surface area contributed by atoms with Gasteiger partial charge in [0.05, 0.1) is 17.1 Å². The lowest BCUT2D eigenvalue weighted by Gasteiger charge is -2.08. The van der Waals surface area contributed by atoms with Crippen LogP contribution in [-0.2, 0) is 0 Å². The molecule has 2 aromatic rings. The van der Waals surface area contributed by atoms with Gasteiger partial charge in [0.25, 0.3) is 0 Å². The number of fused-ring (bicyclic) bond motifs is 1. The summed E-state index contributed by atoms with van der Waals surface area (Å²) in [6.07, 6.45) is 2.43. The van der Waals surface area contributed by atoms with Crippen molar-refractivity contribution in [2.45, 2.75) is 31.7 Å². The lowest BCUT2D eigenvalue weighted by atomic mass is 10.2. The Bertz CT molecular complexity index is 572. The van der Waals surface area contributed by atoms with Gasteiger partial charge >= 0.3 is 0 Å². The van der Waals surface area contributed by atoms with E-state index in [2.05, 4.69) is 21.7 Å². The number of hydrogen-bond donors (Lipinski definition) is 0. The third-order valence-electron chi connectivity index (χ3n) is 3.12. The average Bonchev–Trinajstić information content (AvgIpc) is 3.08. The Morgan fingerprint density at radius 1 is 1.44 bits per heavy atom. The number of nitriles is 1. The molecule has 1 saturated carbocycles. The standard InChI is InChI=1S/C13H13N3/c1-9(8-14)13-15-11-4-2-3-5-12(11)16(13)10-6-7-10/h2-5,9-10H,6-7H2,1H3. The van der Waals surface area contributed by atoms with Crippen LogP contribution in [0.4, 0.5) is 0 Å². The second-order valence-corrected chi connectivity index (χ2v) is 4.41. The molecule has 1 aliphatic carbocycles. The van der Waals surface area contributed by atoms with Crippen LogP contribution in [0.1, 0.15) is 37.5 Å². The van der Waals surface area contributed by atoms with E-state index < -0.39 is 0 Å². The van der Waals surface area contributed by atoms with Crippen molar-refractivity contribution < 1.29 is 0 Å². The second-order valence-electron chi connectivity index (χ2n) is 4.41. The number of nitrogens with zero attached hydrogens (tertiary/aromatic N) is 3. The highest BCUT2D eigenvalue weighted by atomic mass is 15.1. The van der Waals surface area contributed by atoms with E-state index in [0.29, 0.717) is 6.04 Å². The van der Waals surface area contributed by atoms with Crippen LogP contribution < -0.4 is 0 Å². The quantitative estimate of drug-likeness (QED) is 0.766. The summed E-state index contributed by atoms with van der Waals surface area (Å²) in [6.45, 7) is 1.92. The number of hydrogen-bond acceptors (Lipinski definition) is 2. The van der Waals surface area contributed by atoms with Gasteiger partial charge in [0.1, 0.15) is 11.7 Å². The highest BCUT2D eigenvalue weighted by molar-refractivity contribution is 5.76. The van der Waals surface area contributed by atoms with Crippen LogP contribution >= 0.6 is 0 Å². The molecule has 0 spiro atoms. The van der Waals surface area contributed by atoms with Gasteiger partial charge in [0.2, 0.25) is 0 Å². The van der Waals surface area contributed by atoms with Crippen molar-refractivity contribution in [3.8, 4) is 6.07 Å². The van der Waals surface area contributed by atoms with Crippen LogP contribution in [-0.4, -0.2) is 9.55 Å². The predicted octanol–water partition coefficient (Wildman–Crippen LogP) is 3.00. The van der Waals surface area contributed by atoms with Gasteiger partial charge < -0.3 is 4.57 Å². The smallest absolute Gasteiger partial charge is 0.127 e. The lowest BCUT2D eigenvalue weighted by Crippen LogP contribution is -2.04. The fourth-order valence-corrected chi connectivity index (χ4v) is 2.14. The summed E-state index contributed by atoms with van der Waals surface area (Å²) in [5.41, 5.74) is 2.17. The third-order valence-corrected chi connectivity index (χ3v) is 3.12. The first-order valence-electron chi connectivity index (χ1n) is 5.67. The van der Waals surface area contributed by atoms with Gasteiger partial charge in [-0.25, -0.2) is 4.98 Å². The molecular weight excluding hydrogens is 198 g/mol. The summed E-state index contributed by atoms with van der Waals surface area (Å²) in [6, 6.07) is 11.0. The van der Waals surface area contributed by atoms with Crippen LogP contribution in [0.2, 0.25) is 0 Å². The molecule has 16 heavy (non-hydrogen) atoms. The molecule has 3 rings (SSSR count). The van der Waals surface area contributed by atoms with Gasteiger partial charge in [0, 0.05) is 6.04 Å². The van der Waals surface area contributed by atoms with E-state index in [0.717, 1.165) is 11.3 Å². The van der Waals surface area contributed by atoms with Crippen molar-refractivity contribution in [2.75, 3.05) is 0 Å². The molecule has 1 fully saturated rings. The third kappa shape index (κ3) is 1.30. The molecule has 0 radical (unpaired) electrons. The van der Waals surface area contributed by atoms with Crippen LogP contribution in [0.15, 0.2) is 24.3 Å². The molecule has 0 saturated heterocycles. The van der Waals surface area contributed by atoms with E-state index in [1.165, 1.54) is 18.4 Å². The lowest BCUT2D eigenvalue weighted by molar-refractivity contribution is 0.684. The van der Waals surface area contributed by atoms with Crippen molar-refractivity contribution in [3.05, 3.63) is 30.1 Å². The Hall–Kier alpha value is -1.82. The Labute approximate surface area is 94.3 Å². The normalized spacial score (nSPS) is 17.2. The summed E-state index contributed by atoms with van der Waals surface area (Å²) in [4.78, 5) is 4.59. The zero-order chi connectivity index (χ0) is 11.1. The summed E-state index contributed by atoms with van der Waals surface area (Å²) in [5.74, 6) is 0.791. The second kappa shape index (κ2) is 3.34. The number of benzene rings is 1. The molecule has 1 aromatic heterocycles. The molecule has 1 unspecified atom stereocenters. The monoisotopic (exact) mass is 211 g/mol. The molecule has 1 aromatic carbocycles. The minimum atomic E-state index is -0.131. The maximum Gasteiger partial charge on any atom is 0.127 e. The van der Waals surface area contributed by atoms with E-state index in [1.54, 1.807) is 0 Å². The van der Waals surface area contributed by atoms with Crippen molar-refractivity contribution in [1.82, 2.24) is 9.55 Å². The SMILES string of the molecule is CC(C#N)c1nc2ccccc2n1C1CC1. The molecule has 1 atom stereocenters. The minimum Gasteiger partial charge on any atom is -0.324 e. The summed E-state index contributed by atoms with van der Waals surface area (Å²) >= 11 is 0. The molecule has 3 heteroatoms. The summed E-state index contributed by atoms with van der Waals surface area (Å²) < 4.78 is 2.25. The molecule has 0 N–H and O–H groups in total. The van der Waals surface area contributed by atoms with Gasteiger partial charge in [0.15, 0.2) is 0 Å². The molecule has 1 aliphatic rings. The van der Waals surface area contributed by atoms with Gasteiger partial charge in [-0.2, -0.15) is 5.26 Å². The maximum absolute atomic E-state index is 9.04. The first kappa shape index (κ1) is 9.41. The predicted molar refractivity (Wildman–Crippen MR) is 62.0 cm³/mol. The highest BCUT2D eigenvalue weighted by Gasteiger charge is 2.29. The van der Waals surface area contributed by atoms with Crippen molar-refractivity contribution in [1.29, 1.82) is 5.26 Å². The Morgan fingerprint density at radius 3 is 2.88 bits per heavy atom. The van der Waals surface area contributed by atoms with Crippen LogP contribution in [0.3, 0.4) is 0 Å². The molecule has 1 heterocycles.